The maximum Gasteiger partial charge on any atom is 0.328 e. The van der Waals surface area contributed by atoms with Gasteiger partial charge in [-0.05, 0) is 68.1 Å². The van der Waals surface area contributed by atoms with E-state index in [9.17, 15) is 24.3 Å². The highest BCUT2D eigenvalue weighted by Crippen LogP contribution is 2.30. The molecule has 4 N–H and O–H groups in total. The minimum Gasteiger partial charge on any atom is -0.478 e. The SMILES string of the molecule is NC(=O)c1cccc(N2CC/C(=C/C(=O)O)CC2C(=O)Nc2ccc(N3CCCCC3=O)cc2)c1. The molecule has 182 valence electrons. The predicted octanol–water partition coefficient (Wildman–Crippen LogP) is 2.92. The van der Waals surface area contributed by atoms with Gasteiger partial charge < -0.3 is 26.0 Å². The molecule has 0 radical (unpaired) electrons. The lowest BCUT2D eigenvalue weighted by molar-refractivity contribution is -0.131. The Hall–Kier alpha value is -4.14. The van der Waals surface area contributed by atoms with Crippen LogP contribution in [0.15, 0.2) is 60.2 Å². The number of piperidine rings is 2. The minimum atomic E-state index is -1.05. The lowest BCUT2D eigenvalue weighted by atomic mass is 9.94. The van der Waals surface area contributed by atoms with E-state index in [4.69, 9.17) is 5.73 Å². The van der Waals surface area contributed by atoms with Gasteiger partial charge in [0.2, 0.25) is 17.7 Å². The van der Waals surface area contributed by atoms with E-state index in [-0.39, 0.29) is 18.2 Å². The smallest absolute Gasteiger partial charge is 0.328 e. The fourth-order valence-electron chi connectivity index (χ4n) is 4.60. The molecule has 2 aromatic carbocycles. The van der Waals surface area contributed by atoms with Crippen LogP contribution in [0.2, 0.25) is 0 Å². The summed E-state index contributed by atoms with van der Waals surface area (Å²) in [5, 5.41) is 12.1. The zero-order valence-corrected chi connectivity index (χ0v) is 19.3. The molecule has 9 heteroatoms. The number of primary amides is 1. The average molecular weight is 477 g/mol. The van der Waals surface area contributed by atoms with Crippen LogP contribution in [-0.2, 0) is 14.4 Å². The summed E-state index contributed by atoms with van der Waals surface area (Å²) in [6, 6.07) is 13.2. The summed E-state index contributed by atoms with van der Waals surface area (Å²) in [5.74, 6) is -1.82. The van der Waals surface area contributed by atoms with Crippen LogP contribution in [0.25, 0.3) is 0 Å². The van der Waals surface area contributed by atoms with Crippen molar-refractivity contribution in [3.63, 3.8) is 0 Å². The van der Waals surface area contributed by atoms with Crippen molar-refractivity contribution < 1.29 is 24.3 Å². The Kier molecular flexibility index (Phi) is 7.14. The number of carbonyl (C=O) groups excluding carboxylic acids is 3. The summed E-state index contributed by atoms with van der Waals surface area (Å²) < 4.78 is 0. The van der Waals surface area contributed by atoms with Gasteiger partial charge in [0.25, 0.3) is 0 Å². The number of nitrogens with two attached hydrogens (primary N) is 1. The Morgan fingerprint density at radius 1 is 1.00 bits per heavy atom. The van der Waals surface area contributed by atoms with E-state index in [1.165, 1.54) is 0 Å². The second-order valence-electron chi connectivity index (χ2n) is 8.76. The average Bonchev–Trinajstić information content (AvgIpc) is 2.84. The first-order valence-corrected chi connectivity index (χ1v) is 11.6. The summed E-state index contributed by atoms with van der Waals surface area (Å²) in [5.41, 5.74) is 8.45. The van der Waals surface area contributed by atoms with Crippen molar-refractivity contribution in [3.8, 4) is 0 Å². The third kappa shape index (κ3) is 5.68. The van der Waals surface area contributed by atoms with Crippen LogP contribution in [0.3, 0.4) is 0 Å². The van der Waals surface area contributed by atoms with Gasteiger partial charge in [0.1, 0.15) is 6.04 Å². The second-order valence-corrected chi connectivity index (χ2v) is 8.76. The van der Waals surface area contributed by atoms with Crippen LogP contribution < -0.4 is 20.9 Å². The van der Waals surface area contributed by atoms with Gasteiger partial charge in [-0.25, -0.2) is 4.79 Å². The fraction of sp³-hybridized carbons (Fsp3) is 0.308. The minimum absolute atomic E-state index is 0.0989. The molecule has 2 fully saturated rings. The van der Waals surface area contributed by atoms with E-state index < -0.39 is 17.9 Å². The molecule has 2 heterocycles. The van der Waals surface area contributed by atoms with Crippen LogP contribution in [0, 0.1) is 0 Å². The number of rotatable bonds is 6. The number of hydrogen-bond donors (Lipinski definition) is 3. The van der Waals surface area contributed by atoms with Crippen molar-refractivity contribution in [2.24, 2.45) is 5.73 Å². The van der Waals surface area contributed by atoms with Crippen molar-refractivity contribution in [2.75, 3.05) is 28.2 Å². The summed E-state index contributed by atoms with van der Waals surface area (Å²) >= 11 is 0. The van der Waals surface area contributed by atoms with E-state index in [1.807, 2.05) is 17.0 Å². The highest BCUT2D eigenvalue weighted by Gasteiger charge is 2.32. The van der Waals surface area contributed by atoms with Gasteiger partial charge in [0.05, 0.1) is 0 Å². The van der Waals surface area contributed by atoms with Crippen molar-refractivity contribution in [1.82, 2.24) is 0 Å². The highest BCUT2D eigenvalue weighted by molar-refractivity contribution is 5.99. The van der Waals surface area contributed by atoms with E-state index in [0.717, 1.165) is 24.6 Å². The molecule has 1 unspecified atom stereocenters. The number of amides is 3. The van der Waals surface area contributed by atoms with Crippen molar-refractivity contribution in [1.29, 1.82) is 0 Å². The van der Waals surface area contributed by atoms with Crippen molar-refractivity contribution in [2.45, 2.75) is 38.1 Å². The van der Waals surface area contributed by atoms with Gasteiger partial charge in [-0.3, -0.25) is 14.4 Å². The molecule has 3 amide bonds. The number of carbonyl (C=O) groups is 4. The van der Waals surface area contributed by atoms with Crippen LogP contribution in [0.5, 0.6) is 0 Å². The normalized spacial score (nSPS) is 19.5. The molecular formula is C26H28N4O5. The molecule has 4 rings (SSSR count). The Labute approximate surface area is 203 Å². The molecule has 0 spiro atoms. The molecule has 0 saturated carbocycles. The molecule has 2 aliphatic rings. The van der Waals surface area contributed by atoms with Crippen molar-refractivity contribution >= 4 is 40.8 Å². The molecule has 0 aromatic heterocycles. The molecule has 0 bridgehead atoms. The zero-order chi connectivity index (χ0) is 24.9. The van der Waals surface area contributed by atoms with Crippen molar-refractivity contribution in [3.05, 3.63) is 65.7 Å². The molecule has 2 aliphatic heterocycles. The lowest BCUT2D eigenvalue weighted by Gasteiger charge is -2.37. The number of carboxylic acids is 1. The first-order chi connectivity index (χ1) is 16.8. The quantitative estimate of drug-likeness (QED) is 0.549. The topological polar surface area (TPSA) is 133 Å². The monoisotopic (exact) mass is 476 g/mol. The Morgan fingerprint density at radius 2 is 1.77 bits per heavy atom. The molecule has 2 aromatic rings. The molecule has 9 nitrogen and oxygen atoms in total. The lowest BCUT2D eigenvalue weighted by Crippen LogP contribution is -2.48. The first kappa shape index (κ1) is 24.0. The van der Waals surface area contributed by atoms with Gasteiger partial charge >= 0.3 is 5.97 Å². The Bertz CT molecular complexity index is 1170. The van der Waals surface area contributed by atoms with Crippen LogP contribution in [0.4, 0.5) is 17.1 Å². The van der Waals surface area contributed by atoms with Crippen LogP contribution in [0.1, 0.15) is 42.5 Å². The number of anilines is 3. The third-order valence-corrected chi connectivity index (χ3v) is 6.37. The Morgan fingerprint density at radius 3 is 2.46 bits per heavy atom. The van der Waals surface area contributed by atoms with Gasteiger partial charge in [-0.2, -0.15) is 0 Å². The van der Waals surface area contributed by atoms with E-state index in [1.54, 1.807) is 41.3 Å². The van der Waals surface area contributed by atoms with Crippen LogP contribution >= 0.6 is 0 Å². The number of carboxylic acid groups (broad SMARTS) is 1. The van der Waals surface area contributed by atoms with E-state index in [0.29, 0.717) is 48.4 Å². The van der Waals surface area contributed by atoms with E-state index >= 15 is 0 Å². The molecular weight excluding hydrogens is 448 g/mol. The van der Waals surface area contributed by atoms with Gasteiger partial charge in [0.15, 0.2) is 0 Å². The number of hydrogen-bond acceptors (Lipinski definition) is 5. The first-order valence-electron chi connectivity index (χ1n) is 11.6. The second kappa shape index (κ2) is 10.4. The maximum absolute atomic E-state index is 13.4. The Balaban J connectivity index is 1.55. The van der Waals surface area contributed by atoms with Gasteiger partial charge in [0, 0.05) is 48.2 Å². The third-order valence-electron chi connectivity index (χ3n) is 6.37. The maximum atomic E-state index is 13.4. The van der Waals surface area contributed by atoms with E-state index in [2.05, 4.69) is 5.32 Å². The molecule has 0 aliphatic carbocycles. The molecule has 1 atom stereocenters. The summed E-state index contributed by atoms with van der Waals surface area (Å²) in [6.45, 7) is 1.10. The van der Waals surface area contributed by atoms with Crippen LogP contribution in [-0.4, -0.2) is 47.9 Å². The summed E-state index contributed by atoms with van der Waals surface area (Å²) in [6.07, 6.45) is 4.28. The fourth-order valence-corrected chi connectivity index (χ4v) is 4.60. The largest absolute Gasteiger partial charge is 0.478 e. The number of aliphatic carboxylic acids is 1. The summed E-state index contributed by atoms with van der Waals surface area (Å²) in [7, 11) is 0. The summed E-state index contributed by atoms with van der Waals surface area (Å²) in [4.78, 5) is 52.0. The van der Waals surface area contributed by atoms with Gasteiger partial charge in [-0.1, -0.05) is 11.6 Å². The number of benzene rings is 2. The number of nitrogens with one attached hydrogen (secondary N) is 1. The molecule has 35 heavy (non-hydrogen) atoms. The zero-order valence-electron chi connectivity index (χ0n) is 19.3. The number of nitrogens with zero attached hydrogens (tertiary/aromatic N) is 2. The highest BCUT2D eigenvalue weighted by atomic mass is 16.4. The van der Waals surface area contributed by atoms with Gasteiger partial charge in [-0.15, -0.1) is 0 Å². The molecule has 2 saturated heterocycles. The predicted molar refractivity (Wildman–Crippen MR) is 132 cm³/mol. The standard InChI is InChI=1S/C26H28N4O5/c27-25(34)18-4-3-5-21(16-18)29-13-11-17(15-24(32)33)14-22(29)26(35)28-19-7-9-20(10-8-19)30-12-2-1-6-23(30)31/h3-5,7-10,15-16,22H,1-2,6,11-14H2,(H2,27,34)(H,28,35)(H,32,33)/b17-15-.